The van der Waals surface area contributed by atoms with E-state index in [9.17, 15) is 49.2 Å². The van der Waals surface area contributed by atoms with E-state index in [0.29, 0.717) is 11.8 Å². The molecule has 0 aromatic heterocycles. The third-order valence-corrected chi connectivity index (χ3v) is 10.6. The number of allylic oxidation sites excluding steroid dienone is 2. The van der Waals surface area contributed by atoms with Crippen LogP contribution in [0, 0.1) is 11.3 Å². The molecule has 0 saturated carbocycles. The molecule has 0 radical (unpaired) electrons. The van der Waals surface area contributed by atoms with Gasteiger partial charge in [0.1, 0.15) is 29.7 Å². The van der Waals surface area contributed by atoms with E-state index in [-0.39, 0.29) is 22.3 Å². The lowest BCUT2D eigenvalue weighted by Crippen LogP contribution is -2.68. The largest absolute Gasteiger partial charge is 0.504 e. The van der Waals surface area contributed by atoms with Crippen molar-refractivity contribution in [1.29, 1.82) is 0 Å². The van der Waals surface area contributed by atoms with Gasteiger partial charge >= 0.3 is 24.0 Å². The fraction of sp³-hybridized carbons (Fsp3) is 0.442. The van der Waals surface area contributed by atoms with Crippen molar-refractivity contribution in [3.05, 3.63) is 106 Å². The number of carbonyl (C=O) groups excluding carboxylic acids is 6. The number of esters is 3. The summed E-state index contributed by atoms with van der Waals surface area (Å²) >= 11 is 0. The highest BCUT2D eigenvalue weighted by Crippen LogP contribution is 2.56. The molecule has 2 aliphatic rings. The summed E-state index contributed by atoms with van der Waals surface area (Å²) in [6.07, 6.45) is -4.99. The minimum Gasteiger partial charge on any atom is -0.504 e. The summed E-state index contributed by atoms with van der Waals surface area (Å²) < 4.78 is 23.0. The SMILES string of the molecule is CC(=O)O[C@](/C=C/C=O)(CO)C1/C(C)=C(/O)C(=O)C2=C(C)[C@@H](OC(=O)[C@H](O)[C@@H](NC(=O)OC(C)(C)C)c3ccccc3)C[C@@](O)([C@H]1OC(=O)c1ccccc1)C2(C)C. The minimum atomic E-state index is -2.49. The minimum absolute atomic E-state index is 0.00969. The number of aldehydes is 1. The molecule has 4 rings (SSSR count). The lowest BCUT2D eigenvalue weighted by atomic mass is 9.54. The van der Waals surface area contributed by atoms with Crippen molar-refractivity contribution >= 4 is 36.1 Å². The van der Waals surface area contributed by atoms with Crippen LogP contribution in [0.25, 0.3) is 0 Å². The smallest absolute Gasteiger partial charge is 0.408 e. The number of aliphatic hydroxyl groups is 4. The van der Waals surface area contributed by atoms with Crippen LogP contribution in [0.3, 0.4) is 0 Å². The number of carbonyl (C=O) groups is 6. The Hall–Kier alpha value is -5.64. The normalized spacial score (nSPS) is 25.3. The Morgan fingerprint density at radius 2 is 1.53 bits per heavy atom. The molecule has 15 heteroatoms. The highest BCUT2D eigenvalue weighted by molar-refractivity contribution is 6.09. The summed E-state index contributed by atoms with van der Waals surface area (Å²) in [4.78, 5) is 79.7. The van der Waals surface area contributed by atoms with Crippen molar-refractivity contribution in [3.8, 4) is 0 Å². The van der Waals surface area contributed by atoms with E-state index < -0.39 is 101 Å². The van der Waals surface area contributed by atoms with Crippen LogP contribution >= 0.6 is 0 Å². The third-order valence-electron chi connectivity index (χ3n) is 10.6. The summed E-state index contributed by atoms with van der Waals surface area (Å²) in [6.45, 7) is 10.3. The van der Waals surface area contributed by atoms with Crippen LogP contribution in [0.5, 0.6) is 0 Å². The first kappa shape index (κ1) is 45.1. The number of Topliss-reactive ketones (excluding diaryl/α,β-unsaturated/α-hetero) is 1. The Balaban J connectivity index is 1.94. The van der Waals surface area contributed by atoms with Crippen LogP contribution in [0.15, 0.2) is 95.3 Å². The van der Waals surface area contributed by atoms with Gasteiger partial charge in [0.25, 0.3) is 0 Å². The average molecular weight is 806 g/mol. The first-order valence-corrected chi connectivity index (χ1v) is 18.6. The highest BCUT2D eigenvalue weighted by atomic mass is 16.6. The van der Waals surface area contributed by atoms with Crippen LogP contribution in [-0.4, -0.2) is 98.2 Å². The number of fused-ring (bicyclic) bond motifs is 2. The van der Waals surface area contributed by atoms with E-state index in [2.05, 4.69) is 5.32 Å². The summed E-state index contributed by atoms with van der Waals surface area (Å²) in [5.41, 5.74) is -7.71. The van der Waals surface area contributed by atoms with E-state index in [1.165, 1.54) is 39.8 Å². The number of ketones is 1. The van der Waals surface area contributed by atoms with Crippen molar-refractivity contribution in [2.45, 2.75) is 103 Å². The van der Waals surface area contributed by atoms with Crippen molar-refractivity contribution in [2.24, 2.45) is 11.3 Å². The molecule has 0 heterocycles. The van der Waals surface area contributed by atoms with Crippen LogP contribution in [-0.2, 0) is 38.1 Å². The molecular formula is C43H51NO14. The van der Waals surface area contributed by atoms with Crippen LogP contribution < -0.4 is 5.32 Å². The molecule has 1 unspecified atom stereocenters. The standard InChI is InChI=1S/C43H51NO14/c1-24-29(55-38(52)35(50)32(27-16-11-9-12-17-27)44-39(53)58-40(4,5)6)22-43(54)36(56-37(51)28-18-13-10-14-19-28)31(42(23-46,20-15-21-45)57-26(3)47)25(2)33(48)34(49)30(24)41(43,7)8/h9-21,29,31-32,35-36,46,48,50,54H,22-23H2,1-8H3,(H,44,53)/b20-15+,33-25+/t29-,31?,32-,35+,36-,42+,43+/m0/s1. The molecule has 0 aliphatic heterocycles. The number of alkyl carbamates (subject to hydrolysis) is 1. The van der Waals surface area contributed by atoms with Gasteiger partial charge in [-0.1, -0.05) is 62.4 Å². The van der Waals surface area contributed by atoms with Gasteiger partial charge in [0.2, 0.25) is 5.78 Å². The molecule has 1 amide bonds. The topological polar surface area (TPSA) is 232 Å². The van der Waals surface area contributed by atoms with Gasteiger partial charge in [0.05, 0.1) is 24.1 Å². The van der Waals surface area contributed by atoms with E-state index in [0.717, 1.165) is 19.1 Å². The number of hydrogen-bond donors (Lipinski definition) is 5. The lowest BCUT2D eigenvalue weighted by Gasteiger charge is -2.56. The quantitative estimate of drug-likeness (QED) is 0.0872. The number of benzene rings is 2. The number of hydrogen-bond acceptors (Lipinski definition) is 14. The number of aliphatic hydroxyl groups excluding tert-OH is 3. The molecule has 58 heavy (non-hydrogen) atoms. The average Bonchev–Trinajstić information content (AvgIpc) is 3.16. The van der Waals surface area contributed by atoms with Crippen molar-refractivity contribution in [1.82, 2.24) is 5.32 Å². The highest BCUT2D eigenvalue weighted by Gasteiger charge is 2.66. The van der Waals surface area contributed by atoms with Gasteiger partial charge in [-0.05, 0) is 75.6 Å². The maximum Gasteiger partial charge on any atom is 0.408 e. The van der Waals surface area contributed by atoms with Crippen LogP contribution in [0.4, 0.5) is 4.79 Å². The molecule has 2 aromatic rings. The van der Waals surface area contributed by atoms with Gasteiger partial charge in [0.15, 0.2) is 17.5 Å². The second-order valence-corrected chi connectivity index (χ2v) is 15.9. The summed E-state index contributed by atoms with van der Waals surface area (Å²) in [7, 11) is 0. The number of nitrogens with one attached hydrogen (secondary N) is 1. The van der Waals surface area contributed by atoms with E-state index in [1.54, 1.807) is 69.3 Å². The summed E-state index contributed by atoms with van der Waals surface area (Å²) in [6, 6.07) is 14.2. The van der Waals surface area contributed by atoms with Crippen molar-refractivity contribution in [2.75, 3.05) is 6.61 Å². The molecule has 2 bridgehead atoms. The third kappa shape index (κ3) is 9.06. The maximum absolute atomic E-state index is 14.4. The molecule has 312 valence electrons. The van der Waals surface area contributed by atoms with E-state index in [1.807, 2.05) is 0 Å². The Morgan fingerprint density at radius 1 is 0.948 bits per heavy atom. The van der Waals surface area contributed by atoms with Crippen LogP contribution in [0.1, 0.15) is 83.8 Å². The molecular weight excluding hydrogens is 754 g/mol. The molecule has 0 fully saturated rings. The molecule has 15 nitrogen and oxygen atoms in total. The Labute approximate surface area is 336 Å². The van der Waals surface area contributed by atoms with Gasteiger partial charge in [-0.15, -0.1) is 0 Å². The zero-order valence-electron chi connectivity index (χ0n) is 33.7. The molecule has 0 spiro atoms. The van der Waals surface area contributed by atoms with Gasteiger partial charge in [0, 0.05) is 24.3 Å². The van der Waals surface area contributed by atoms with Crippen molar-refractivity contribution in [3.63, 3.8) is 0 Å². The van der Waals surface area contributed by atoms with Gasteiger partial charge in [-0.2, -0.15) is 0 Å². The second kappa shape index (κ2) is 17.5. The number of ether oxygens (including phenoxy) is 4. The van der Waals surface area contributed by atoms with E-state index >= 15 is 0 Å². The van der Waals surface area contributed by atoms with E-state index in [4.69, 9.17) is 18.9 Å². The lowest BCUT2D eigenvalue weighted by molar-refractivity contribution is -0.209. The zero-order valence-corrected chi connectivity index (χ0v) is 33.7. The fourth-order valence-corrected chi connectivity index (χ4v) is 7.76. The monoisotopic (exact) mass is 805 g/mol. The summed E-state index contributed by atoms with van der Waals surface area (Å²) in [5, 5.41) is 50.0. The molecule has 5 N–H and O–H groups in total. The van der Waals surface area contributed by atoms with Gasteiger partial charge in [-0.3, -0.25) is 14.4 Å². The number of rotatable bonds is 12. The number of amides is 1. The molecule has 2 aromatic carbocycles. The van der Waals surface area contributed by atoms with Gasteiger partial charge < -0.3 is 44.7 Å². The van der Waals surface area contributed by atoms with Crippen molar-refractivity contribution < 1.29 is 68.1 Å². The second-order valence-electron chi connectivity index (χ2n) is 15.9. The predicted molar refractivity (Wildman–Crippen MR) is 207 cm³/mol. The summed E-state index contributed by atoms with van der Waals surface area (Å²) in [5.74, 6) is -7.05. The molecule has 0 saturated heterocycles. The van der Waals surface area contributed by atoms with Gasteiger partial charge in [-0.25, -0.2) is 14.4 Å². The maximum atomic E-state index is 14.4. The molecule has 2 aliphatic carbocycles. The molecule has 7 atom stereocenters. The zero-order chi connectivity index (χ0) is 43.4. The first-order chi connectivity index (χ1) is 27.0. The predicted octanol–water partition coefficient (Wildman–Crippen LogP) is 4.31. The van der Waals surface area contributed by atoms with Crippen LogP contribution in [0.2, 0.25) is 0 Å². The Kier molecular flexibility index (Phi) is 13.6. The Bertz CT molecular complexity index is 2000. The fourth-order valence-electron chi connectivity index (χ4n) is 7.76. The first-order valence-electron chi connectivity index (χ1n) is 18.6. The Morgan fingerprint density at radius 3 is 2.07 bits per heavy atom.